The number of likely N-dealkylation sites (N-methyl/N-ethyl adjacent to an activating group) is 1. The van der Waals surface area contributed by atoms with Crippen LogP contribution in [0.15, 0.2) is 54.6 Å². The zero-order valence-electron chi connectivity index (χ0n) is 15.8. The van der Waals surface area contributed by atoms with E-state index in [4.69, 9.17) is 0 Å². The van der Waals surface area contributed by atoms with Gasteiger partial charge in [0, 0.05) is 12.2 Å². The summed E-state index contributed by atoms with van der Waals surface area (Å²) < 4.78 is 13.2. The number of hydrogen-bond donors (Lipinski definition) is 1. The van der Waals surface area contributed by atoms with Crippen molar-refractivity contribution in [2.75, 3.05) is 18.0 Å². The third kappa shape index (κ3) is 3.35. The van der Waals surface area contributed by atoms with Crippen molar-refractivity contribution in [2.24, 2.45) is 0 Å². The summed E-state index contributed by atoms with van der Waals surface area (Å²) in [6, 6.07) is 13.9. The Labute approximate surface area is 162 Å². The molecule has 1 atom stereocenters. The van der Waals surface area contributed by atoms with Gasteiger partial charge in [-0.1, -0.05) is 37.3 Å². The van der Waals surface area contributed by atoms with Crippen LogP contribution in [0, 0.1) is 5.82 Å². The second-order valence-corrected chi connectivity index (χ2v) is 6.56. The summed E-state index contributed by atoms with van der Waals surface area (Å²) in [5, 5.41) is 2.76. The van der Waals surface area contributed by atoms with E-state index >= 15 is 0 Å². The van der Waals surface area contributed by atoms with Crippen LogP contribution < -0.4 is 10.2 Å². The van der Waals surface area contributed by atoms with Crippen molar-refractivity contribution in [1.82, 2.24) is 10.2 Å². The van der Waals surface area contributed by atoms with Gasteiger partial charge in [0.1, 0.15) is 17.9 Å². The topological polar surface area (TPSA) is 69.7 Å². The molecular formula is C21H22FN3O3. The van der Waals surface area contributed by atoms with Crippen LogP contribution in [0.1, 0.15) is 25.8 Å². The Morgan fingerprint density at radius 1 is 1.07 bits per heavy atom. The van der Waals surface area contributed by atoms with E-state index in [0.717, 1.165) is 4.90 Å². The summed E-state index contributed by atoms with van der Waals surface area (Å²) in [6.07, 6.45) is 0.363. The van der Waals surface area contributed by atoms with Crippen molar-refractivity contribution in [3.8, 4) is 0 Å². The first-order chi connectivity index (χ1) is 13.4. The lowest BCUT2D eigenvalue weighted by Gasteiger charge is -2.26. The Balaban J connectivity index is 1.83. The molecule has 28 heavy (non-hydrogen) atoms. The van der Waals surface area contributed by atoms with Gasteiger partial charge in [0.25, 0.3) is 5.91 Å². The minimum absolute atomic E-state index is 0.325. The van der Waals surface area contributed by atoms with Crippen LogP contribution in [0.2, 0.25) is 0 Å². The molecule has 0 spiro atoms. The molecule has 1 aliphatic rings. The van der Waals surface area contributed by atoms with Gasteiger partial charge in [0.15, 0.2) is 0 Å². The first-order valence-corrected chi connectivity index (χ1v) is 9.18. The fraction of sp³-hybridized carbons (Fsp3) is 0.286. The highest BCUT2D eigenvalue weighted by Crippen LogP contribution is 2.32. The molecule has 2 aromatic rings. The number of carbonyl (C=O) groups excluding carboxylic acids is 3. The Morgan fingerprint density at radius 2 is 1.71 bits per heavy atom. The van der Waals surface area contributed by atoms with Gasteiger partial charge in [-0.25, -0.2) is 9.18 Å². The van der Waals surface area contributed by atoms with Gasteiger partial charge in [-0.05, 0) is 43.2 Å². The number of benzene rings is 2. The minimum Gasteiger partial charge on any atom is -0.319 e. The van der Waals surface area contributed by atoms with Crippen molar-refractivity contribution in [2.45, 2.75) is 25.8 Å². The zero-order chi connectivity index (χ0) is 20.3. The first-order valence-electron chi connectivity index (χ1n) is 9.18. The number of halogens is 1. The van der Waals surface area contributed by atoms with E-state index in [1.54, 1.807) is 31.2 Å². The summed E-state index contributed by atoms with van der Waals surface area (Å²) in [5.41, 5.74) is 0.00777. The molecule has 1 N–H and O–H groups in total. The molecule has 1 aliphatic heterocycles. The number of imide groups is 1. The second-order valence-electron chi connectivity index (χ2n) is 6.56. The zero-order valence-corrected chi connectivity index (χ0v) is 15.8. The van der Waals surface area contributed by atoms with E-state index in [2.05, 4.69) is 5.32 Å². The van der Waals surface area contributed by atoms with Crippen molar-refractivity contribution in [3.63, 3.8) is 0 Å². The van der Waals surface area contributed by atoms with Crippen LogP contribution in [-0.4, -0.2) is 35.8 Å². The van der Waals surface area contributed by atoms with E-state index in [1.165, 1.54) is 29.2 Å². The monoisotopic (exact) mass is 383 g/mol. The van der Waals surface area contributed by atoms with Crippen molar-refractivity contribution >= 4 is 23.5 Å². The highest BCUT2D eigenvalue weighted by molar-refractivity contribution is 6.10. The third-order valence-electron chi connectivity index (χ3n) is 5.02. The molecule has 1 fully saturated rings. The molecule has 4 amide bonds. The molecular weight excluding hydrogens is 361 g/mol. The van der Waals surface area contributed by atoms with Crippen molar-refractivity contribution in [3.05, 3.63) is 66.0 Å². The molecule has 0 aromatic heterocycles. The Morgan fingerprint density at radius 3 is 2.29 bits per heavy atom. The van der Waals surface area contributed by atoms with Crippen molar-refractivity contribution in [1.29, 1.82) is 0 Å². The van der Waals surface area contributed by atoms with Gasteiger partial charge in [0.2, 0.25) is 5.91 Å². The number of anilines is 1. The molecule has 146 valence electrons. The molecule has 0 bridgehead atoms. The smallest absolute Gasteiger partial charge is 0.319 e. The van der Waals surface area contributed by atoms with Crippen LogP contribution in [0.3, 0.4) is 0 Å². The maximum Gasteiger partial charge on any atom is 0.325 e. The van der Waals surface area contributed by atoms with E-state index in [-0.39, 0.29) is 6.54 Å². The number of nitrogens with one attached hydrogen (secondary N) is 1. The maximum atomic E-state index is 13.2. The molecule has 6 nitrogen and oxygen atoms in total. The molecule has 0 radical (unpaired) electrons. The lowest BCUT2D eigenvalue weighted by atomic mass is 9.87. The van der Waals surface area contributed by atoms with Crippen LogP contribution in [0.4, 0.5) is 14.9 Å². The van der Waals surface area contributed by atoms with Gasteiger partial charge in [-0.2, -0.15) is 0 Å². The fourth-order valence-electron chi connectivity index (χ4n) is 3.48. The van der Waals surface area contributed by atoms with Crippen LogP contribution >= 0.6 is 0 Å². The van der Waals surface area contributed by atoms with Crippen LogP contribution in [0.25, 0.3) is 0 Å². The summed E-state index contributed by atoms with van der Waals surface area (Å²) >= 11 is 0. The number of carbonyl (C=O) groups is 3. The first kappa shape index (κ1) is 19.5. The average Bonchev–Trinajstić information content (AvgIpc) is 2.96. The molecule has 0 unspecified atom stereocenters. The second kappa shape index (κ2) is 7.80. The van der Waals surface area contributed by atoms with Gasteiger partial charge in [-0.3, -0.25) is 14.5 Å². The van der Waals surface area contributed by atoms with Gasteiger partial charge >= 0.3 is 6.03 Å². The number of nitrogens with zero attached hydrogens (tertiary/aromatic N) is 2. The Kier molecular flexibility index (Phi) is 5.44. The average molecular weight is 383 g/mol. The van der Waals surface area contributed by atoms with E-state index in [9.17, 15) is 18.8 Å². The summed E-state index contributed by atoms with van der Waals surface area (Å²) in [6.45, 7) is 3.52. The summed E-state index contributed by atoms with van der Waals surface area (Å²) in [7, 11) is 0. The SMILES string of the molecule is CCN(C(=O)CN1C(=O)N[C@](CC)(c2ccccc2)C1=O)c1ccc(F)cc1. The predicted molar refractivity (Wildman–Crippen MR) is 103 cm³/mol. The highest BCUT2D eigenvalue weighted by Gasteiger charge is 2.51. The number of amides is 4. The molecule has 1 heterocycles. The Hall–Kier alpha value is -3.22. The van der Waals surface area contributed by atoms with Gasteiger partial charge in [0.05, 0.1) is 0 Å². The van der Waals surface area contributed by atoms with Crippen LogP contribution in [-0.2, 0) is 15.1 Å². The highest BCUT2D eigenvalue weighted by atomic mass is 19.1. The molecule has 3 rings (SSSR count). The molecule has 1 saturated heterocycles. The standard InChI is InChI=1S/C21H22FN3O3/c1-3-21(15-8-6-5-7-9-15)19(27)25(20(28)23-21)14-18(26)24(4-2)17-12-10-16(22)11-13-17/h5-13H,3-4,14H2,1-2H3,(H,23,28)/t21-/m1/s1. The number of hydrogen-bond acceptors (Lipinski definition) is 3. The largest absolute Gasteiger partial charge is 0.325 e. The summed E-state index contributed by atoms with van der Waals surface area (Å²) in [5.74, 6) is -1.27. The lowest BCUT2D eigenvalue weighted by molar-refractivity contribution is -0.134. The Bertz CT molecular complexity index is 886. The normalized spacial score (nSPS) is 18.9. The van der Waals surface area contributed by atoms with Gasteiger partial charge < -0.3 is 10.2 Å². The van der Waals surface area contributed by atoms with Crippen LogP contribution in [0.5, 0.6) is 0 Å². The van der Waals surface area contributed by atoms with Crippen molar-refractivity contribution < 1.29 is 18.8 Å². The molecule has 2 aromatic carbocycles. The predicted octanol–water partition coefficient (Wildman–Crippen LogP) is 3.04. The lowest BCUT2D eigenvalue weighted by Crippen LogP contribution is -2.45. The number of urea groups is 1. The van der Waals surface area contributed by atoms with E-state index < -0.39 is 29.2 Å². The fourth-order valence-corrected chi connectivity index (χ4v) is 3.48. The number of rotatable bonds is 6. The third-order valence-corrected chi connectivity index (χ3v) is 5.02. The minimum atomic E-state index is -1.18. The van der Waals surface area contributed by atoms with E-state index in [0.29, 0.717) is 24.2 Å². The molecule has 0 saturated carbocycles. The molecule has 0 aliphatic carbocycles. The quantitative estimate of drug-likeness (QED) is 0.780. The maximum absolute atomic E-state index is 13.2. The summed E-state index contributed by atoms with van der Waals surface area (Å²) in [4.78, 5) is 40.8. The van der Waals surface area contributed by atoms with Gasteiger partial charge in [-0.15, -0.1) is 0 Å². The molecule has 7 heteroatoms. The van der Waals surface area contributed by atoms with E-state index in [1.807, 2.05) is 13.0 Å².